The Bertz CT molecular complexity index is 461. The monoisotopic (exact) mass is 234 g/mol. The van der Waals surface area contributed by atoms with Crippen LogP contribution in [0.25, 0.3) is 0 Å². The van der Waals surface area contributed by atoms with Gasteiger partial charge in [0.25, 0.3) is 0 Å². The van der Waals surface area contributed by atoms with Crippen molar-refractivity contribution in [3.05, 3.63) is 36.1 Å². The van der Waals surface area contributed by atoms with Crippen molar-refractivity contribution in [3.8, 4) is 0 Å². The van der Waals surface area contributed by atoms with E-state index in [1.165, 1.54) is 0 Å². The van der Waals surface area contributed by atoms with Gasteiger partial charge in [-0.15, -0.1) is 0 Å². The lowest BCUT2D eigenvalue weighted by Crippen LogP contribution is -2.19. The van der Waals surface area contributed by atoms with Gasteiger partial charge in [-0.2, -0.15) is 0 Å². The lowest BCUT2D eigenvalue weighted by atomic mass is 10.4. The van der Waals surface area contributed by atoms with E-state index in [4.69, 9.17) is 4.42 Å². The smallest absolute Gasteiger partial charge is 0.208 e. The van der Waals surface area contributed by atoms with E-state index in [1.54, 1.807) is 6.20 Å². The average Bonchev–Trinajstić information content (AvgIpc) is 2.94. The van der Waals surface area contributed by atoms with Crippen molar-refractivity contribution in [2.45, 2.75) is 33.4 Å². The van der Waals surface area contributed by atoms with Gasteiger partial charge in [-0.3, -0.25) is 0 Å². The molecule has 2 rings (SSSR count). The third-order valence-electron chi connectivity index (χ3n) is 2.68. The van der Waals surface area contributed by atoms with E-state index in [9.17, 15) is 0 Å². The standard InChI is InChI=1S/C12H18N4O/c1-3-11-8-15-12(17-11)9-13-4-6-16-7-5-14-10(16)2/h5,7-8,13H,3-4,6,9H2,1-2H3. The quantitative estimate of drug-likeness (QED) is 0.770. The van der Waals surface area contributed by atoms with Crippen molar-refractivity contribution in [1.29, 1.82) is 0 Å². The molecule has 0 saturated heterocycles. The Morgan fingerprint density at radius 2 is 2.29 bits per heavy atom. The highest BCUT2D eigenvalue weighted by Gasteiger charge is 2.01. The third-order valence-corrected chi connectivity index (χ3v) is 2.68. The molecule has 0 radical (unpaired) electrons. The Balaban J connectivity index is 1.71. The van der Waals surface area contributed by atoms with Crippen LogP contribution in [0.2, 0.25) is 0 Å². The fraction of sp³-hybridized carbons (Fsp3) is 0.500. The molecule has 0 aliphatic rings. The molecule has 0 spiro atoms. The second-order valence-corrected chi connectivity index (χ2v) is 3.92. The van der Waals surface area contributed by atoms with Crippen LogP contribution in [-0.2, 0) is 19.5 Å². The van der Waals surface area contributed by atoms with E-state index in [1.807, 2.05) is 19.3 Å². The van der Waals surface area contributed by atoms with E-state index in [2.05, 4.69) is 26.8 Å². The fourth-order valence-corrected chi connectivity index (χ4v) is 1.63. The molecule has 0 saturated carbocycles. The Labute approximate surface area is 101 Å². The lowest BCUT2D eigenvalue weighted by Gasteiger charge is -2.05. The number of imidazole rings is 1. The second kappa shape index (κ2) is 5.63. The highest BCUT2D eigenvalue weighted by molar-refractivity contribution is 4.93. The minimum absolute atomic E-state index is 0.674. The number of hydrogen-bond donors (Lipinski definition) is 1. The van der Waals surface area contributed by atoms with E-state index in [0.717, 1.165) is 37.0 Å². The molecule has 0 unspecified atom stereocenters. The van der Waals surface area contributed by atoms with Crippen LogP contribution >= 0.6 is 0 Å². The van der Waals surface area contributed by atoms with Gasteiger partial charge in [0, 0.05) is 31.9 Å². The molecule has 0 aliphatic carbocycles. The van der Waals surface area contributed by atoms with Crippen molar-refractivity contribution < 1.29 is 4.42 Å². The Hall–Kier alpha value is -1.62. The Kier molecular flexibility index (Phi) is 3.93. The summed E-state index contributed by atoms with van der Waals surface area (Å²) in [5.41, 5.74) is 0. The lowest BCUT2D eigenvalue weighted by molar-refractivity contribution is 0.435. The van der Waals surface area contributed by atoms with Crippen molar-refractivity contribution >= 4 is 0 Å². The molecular weight excluding hydrogens is 216 g/mol. The molecule has 0 aliphatic heterocycles. The summed E-state index contributed by atoms with van der Waals surface area (Å²) < 4.78 is 7.61. The molecule has 2 aromatic rings. The van der Waals surface area contributed by atoms with Gasteiger partial charge in [0.1, 0.15) is 11.6 Å². The summed E-state index contributed by atoms with van der Waals surface area (Å²) in [6.07, 6.45) is 6.48. The minimum atomic E-state index is 0.674. The van der Waals surface area contributed by atoms with E-state index >= 15 is 0 Å². The Morgan fingerprint density at radius 1 is 1.41 bits per heavy atom. The number of hydrogen-bond acceptors (Lipinski definition) is 4. The van der Waals surface area contributed by atoms with Crippen LogP contribution < -0.4 is 5.32 Å². The molecule has 0 fully saturated rings. The number of nitrogens with one attached hydrogen (secondary N) is 1. The van der Waals surface area contributed by atoms with Crippen LogP contribution in [-0.4, -0.2) is 21.1 Å². The maximum absolute atomic E-state index is 5.50. The van der Waals surface area contributed by atoms with Gasteiger partial charge in [-0.25, -0.2) is 9.97 Å². The minimum Gasteiger partial charge on any atom is -0.444 e. The van der Waals surface area contributed by atoms with Crippen molar-refractivity contribution in [1.82, 2.24) is 19.9 Å². The molecule has 5 heteroatoms. The van der Waals surface area contributed by atoms with Gasteiger partial charge in [0.2, 0.25) is 5.89 Å². The summed E-state index contributed by atoms with van der Waals surface area (Å²) in [6.45, 7) is 6.52. The molecule has 5 nitrogen and oxygen atoms in total. The Morgan fingerprint density at radius 3 is 2.94 bits per heavy atom. The van der Waals surface area contributed by atoms with Crippen molar-refractivity contribution in [3.63, 3.8) is 0 Å². The zero-order valence-corrected chi connectivity index (χ0v) is 10.3. The average molecular weight is 234 g/mol. The van der Waals surface area contributed by atoms with Gasteiger partial charge < -0.3 is 14.3 Å². The number of nitrogens with zero attached hydrogens (tertiary/aromatic N) is 3. The van der Waals surface area contributed by atoms with Crippen LogP contribution in [0.4, 0.5) is 0 Å². The summed E-state index contributed by atoms with van der Waals surface area (Å²) in [7, 11) is 0. The summed E-state index contributed by atoms with van der Waals surface area (Å²) in [6, 6.07) is 0. The predicted octanol–water partition coefficient (Wildman–Crippen LogP) is 1.53. The van der Waals surface area contributed by atoms with Gasteiger partial charge in [-0.05, 0) is 6.92 Å². The third kappa shape index (κ3) is 3.17. The van der Waals surface area contributed by atoms with Crippen LogP contribution in [0.1, 0.15) is 24.4 Å². The highest BCUT2D eigenvalue weighted by atomic mass is 16.4. The van der Waals surface area contributed by atoms with Gasteiger partial charge in [0.05, 0.1) is 12.7 Å². The highest BCUT2D eigenvalue weighted by Crippen LogP contribution is 2.03. The summed E-state index contributed by atoms with van der Waals surface area (Å²) in [5.74, 6) is 2.73. The van der Waals surface area contributed by atoms with Crippen LogP contribution in [0.5, 0.6) is 0 Å². The first kappa shape index (κ1) is 11.9. The molecule has 0 amide bonds. The van der Waals surface area contributed by atoms with E-state index in [-0.39, 0.29) is 0 Å². The zero-order valence-electron chi connectivity index (χ0n) is 10.3. The molecule has 92 valence electrons. The maximum Gasteiger partial charge on any atom is 0.208 e. The fourth-order valence-electron chi connectivity index (χ4n) is 1.63. The molecule has 2 heterocycles. The summed E-state index contributed by atoms with van der Waals surface area (Å²) in [4.78, 5) is 8.36. The largest absolute Gasteiger partial charge is 0.444 e. The SMILES string of the molecule is CCc1cnc(CNCCn2ccnc2C)o1. The van der Waals surface area contributed by atoms with Crippen molar-refractivity contribution in [2.75, 3.05) is 6.54 Å². The number of rotatable bonds is 6. The second-order valence-electron chi connectivity index (χ2n) is 3.92. The number of oxazole rings is 1. The molecule has 0 atom stereocenters. The van der Waals surface area contributed by atoms with E-state index in [0.29, 0.717) is 6.54 Å². The first-order valence-corrected chi connectivity index (χ1v) is 5.91. The van der Waals surface area contributed by atoms with Gasteiger partial charge in [0.15, 0.2) is 0 Å². The maximum atomic E-state index is 5.50. The summed E-state index contributed by atoms with van der Waals surface area (Å²) in [5, 5.41) is 3.30. The predicted molar refractivity (Wildman–Crippen MR) is 64.6 cm³/mol. The summed E-state index contributed by atoms with van der Waals surface area (Å²) >= 11 is 0. The molecule has 2 aromatic heterocycles. The normalized spacial score (nSPS) is 10.9. The first-order valence-electron chi connectivity index (χ1n) is 5.91. The molecule has 1 N–H and O–H groups in total. The van der Waals surface area contributed by atoms with Crippen LogP contribution in [0.15, 0.2) is 23.0 Å². The van der Waals surface area contributed by atoms with Crippen LogP contribution in [0, 0.1) is 6.92 Å². The van der Waals surface area contributed by atoms with E-state index < -0.39 is 0 Å². The topological polar surface area (TPSA) is 55.9 Å². The van der Waals surface area contributed by atoms with Crippen LogP contribution in [0.3, 0.4) is 0 Å². The van der Waals surface area contributed by atoms with Gasteiger partial charge in [-0.1, -0.05) is 6.92 Å². The zero-order chi connectivity index (χ0) is 12.1. The van der Waals surface area contributed by atoms with Crippen molar-refractivity contribution in [2.24, 2.45) is 0 Å². The first-order chi connectivity index (χ1) is 8.29. The van der Waals surface area contributed by atoms with Gasteiger partial charge >= 0.3 is 0 Å². The number of aryl methyl sites for hydroxylation is 2. The molecular formula is C12H18N4O. The molecule has 17 heavy (non-hydrogen) atoms. The molecule has 0 bridgehead atoms. The number of aromatic nitrogens is 3. The molecule has 0 aromatic carbocycles.